The second-order valence-corrected chi connectivity index (χ2v) is 6.29. The highest BCUT2D eigenvalue weighted by molar-refractivity contribution is 7.80. The van der Waals surface area contributed by atoms with E-state index in [-0.39, 0.29) is 10.9 Å². The van der Waals surface area contributed by atoms with Gasteiger partial charge in [-0.25, -0.2) is 9.37 Å². The van der Waals surface area contributed by atoms with Crippen LogP contribution in [0.3, 0.4) is 0 Å². The van der Waals surface area contributed by atoms with E-state index in [0.717, 1.165) is 5.13 Å². The molecule has 0 fully saturated rings. The van der Waals surface area contributed by atoms with E-state index < -0.39 is 0 Å². The molecule has 0 aliphatic carbocycles. The van der Waals surface area contributed by atoms with Gasteiger partial charge in [0, 0.05) is 23.7 Å². The topological polar surface area (TPSA) is 98.2 Å². The summed E-state index contributed by atoms with van der Waals surface area (Å²) < 4.78 is 19.3. The molecule has 0 amide bonds. The molecular weight excluding hydrogens is 381 g/mol. The molecule has 0 aliphatic rings. The molecule has 2 rings (SSSR count). The van der Waals surface area contributed by atoms with Crippen molar-refractivity contribution >= 4 is 51.1 Å². The van der Waals surface area contributed by atoms with E-state index in [0.29, 0.717) is 36.0 Å². The summed E-state index contributed by atoms with van der Waals surface area (Å²) in [6, 6.07) is 4.85. The molecule has 0 saturated carbocycles. The highest BCUT2D eigenvalue weighted by Gasteiger charge is 2.09. The first-order chi connectivity index (χ1) is 11.9. The number of ether oxygens (including phenoxy) is 1. The number of hydrogen-bond donors (Lipinski definition) is 4. The third kappa shape index (κ3) is 8.57. The van der Waals surface area contributed by atoms with E-state index in [2.05, 4.69) is 39.3 Å². The standard InChI is InChI=1S/C14H16FN3OS2.CH4N2S/c1-2-19-12-5-3-4-11(15)10(12)6-7-16-13(20)18-14-17-8-9-21-14;2-1(3)4/h3-5,8-9H,2,6-7H2,1H3,(H2,16,17,18,20);(H4,2,3,4). The summed E-state index contributed by atoms with van der Waals surface area (Å²) in [5, 5.41) is 9.06. The average molecular weight is 402 g/mol. The summed E-state index contributed by atoms with van der Waals surface area (Å²) in [7, 11) is 0. The van der Waals surface area contributed by atoms with E-state index in [1.165, 1.54) is 17.4 Å². The van der Waals surface area contributed by atoms with Crippen molar-refractivity contribution in [3.05, 3.63) is 41.2 Å². The first-order valence-corrected chi connectivity index (χ1v) is 9.03. The number of thiocarbonyl (C=S) groups is 2. The Hall–Kier alpha value is -2.04. The van der Waals surface area contributed by atoms with Crippen LogP contribution in [0.25, 0.3) is 0 Å². The number of thiazole rings is 1. The van der Waals surface area contributed by atoms with Crippen molar-refractivity contribution in [2.45, 2.75) is 13.3 Å². The zero-order valence-corrected chi connectivity index (χ0v) is 16.1. The molecule has 1 aromatic carbocycles. The molecule has 1 aromatic heterocycles. The molecule has 0 spiro atoms. The minimum atomic E-state index is -0.262. The monoisotopic (exact) mass is 401 g/mol. The van der Waals surface area contributed by atoms with Crippen molar-refractivity contribution in [2.24, 2.45) is 11.5 Å². The number of aromatic nitrogens is 1. The predicted molar refractivity (Wildman–Crippen MR) is 109 cm³/mol. The Kier molecular flexibility index (Phi) is 9.66. The van der Waals surface area contributed by atoms with Crippen LogP contribution >= 0.6 is 35.8 Å². The number of halogens is 1. The summed E-state index contributed by atoms with van der Waals surface area (Å²) in [5.74, 6) is 0.319. The SMILES string of the molecule is CCOc1cccc(F)c1CCNC(=S)Nc1nccs1.NC(N)=S. The minimum Gasteiger partial charge on any atom is -0.493 e. The number of nitrogens with zero attached hydrogens (tertiary/aromatic N) is 1. The molecule has 2 aromatic rings. The van der Waals surface area contributed by atoms with Crippen molar-refractivity contribution in [3.8, 4) is 5.75 Å². The van der Waals surface area contributed by atoms with Gasteiger partial charge in [0.25, 0.3) is 0 Å². The number of nitrogens with two attached hydrogens (primary N) is 2. The van der Waals surface area contributed by atoms with Crippen molar-refractivity contribution in [1.29, 1.82) is 0 Å². The lowest BCUT2D eigenvalue weighted by atomic mass is 10.1. The molecule has 0 aliphatic heterocycles. The Morgan fingerprint density at radius 1 is 1.36 bits per heavy atom. The van der Waals surface area contributed by atoms with Gasteiger partial charge < -0.3 is 26.8 Å². The van der Waals surface area contributed by atoms with Gasteiger partial charge in [0.1, 0.15) is 11.6 Å². The van der Waals surface area contributed by atoms with Crippen molar-refractivity contribution in [3.63, 3.8) is 0 Å². The van der Waals surface area contributed by atoms with Gasteiger partial charge in [-0.15, -0.1) is 11.3 Å². The van der Waals surface area contributed by atoms with Gasteiger partial charge in [-0.2, -0.15) is 0 Å². The maximum atomic E-state index is 13.8. The highest BCUT2D eigenvalue weighted by atomic mass is 32.1. The second kappa shape index (κ2) is 11.5. The van der Waals surface area contributed by atoms with Crippen LogP contribution in [-0.4, -0.2) is 28.4 Å². The smallest absolute Gasteiger partial charge is 0.188 e. The largest absolute Gasteiger partial charge is 0.493 e. The second-order valence-electron chi connectivity index (χ2n) is 4.52. The highest BCUT2D eigenvalue weighted by Crippen LogP contribution is 2.21. The van der Waals surface area contributed by atoms with Crippen LogP contribution in [0.1, 0.15) is 12.5 Å². The van der Waals surface area contributed by atoms with Crippen LogP contribution in [0.15, 0.2) is 29.8 Å². The van der Waals surface area contributed by atoms with Gasteiger partial charge in [-0.1, -0.05) is 6.07 Å². The van der Waals surface area contributed by atoms with Gasteiger partial charge in [0.2, 0.25) is 0 Å². The molecule has 6 nitrogen and oxygen atoms in total. The number of rotatable bonds is 6. The van der Waals surface area contributed by atoms with Crippen molar-refractivity contribution < 1.29 is 9.13 Å². The summed E-state index contributed by atoms with van der Waals surface area (Å²) in [6.45, 7) is 2.89. The number of benzene rings is 1. The lowest BCUT2D eigenvalue weighted by Crippen LogP contribution is -2.30. The molecule has 0 bridgehead atoms. The molecule has 0 atom stereocenters. The van der Waals surface area contributed by atoms with Crippen LogP contribution < -0.4 is 26.8 Å². The van der Waals surface area contributed by atoms with E-state index in [9.17, 15) is 4.39 Å². The quantitative estimate of drug-likeness (QED) is 0.548. The Morgan fingerprint density at radius 3 is 2.68 bits per heavy atom. The fraction of sp³-hybridized carbons (Fsp3) is 0.267. The Bertz CT molecular complexity index is 678. The van der Waals surface area contributed by atoms with E-state index in [4.69, 9.17) is 17.0 Å². The number of hydrogen-bond acceptors (Lipinski definition) is 5. The third-order valence-electron chi connectivity index (χ3n) is 2.69. The lowest BCUT2D eigenvalue weighted by Gasteiger charge is -2.12. The van der Waals surface area contributed by atoms with Gasteiger partial charge in [-0.3, -0.25) is 0 Å². The van der Waals surface area contributed by atoms with Gasteiger partial charge in [0.05, 0.1) is 6.61 Å². The first kappa shape index (κ1) is 21.0. The van der Waals surface area contributed by atoms with Crippen molar-refractivity contribution in [1.82, 2.24) is 10.3 Å². The lowest BCUT2D eigenvalue weighted by molar-refractivity contribution is 0.333. The Labute approximate surface area is 160 Å². The molecule has 136 valence electrons. The van der Waals surface area contributed by atoms with Crippen LogP contribution in [0.2, 0.25) is 0 Å². The van der Waals surface area contributed by atoms with Crippen LogP contribution in [0, 0.1) is 5.82 Å². The van der Waals surface area contributed by atoms with Crippen molar-refractivity contribution in [2.75, 3.05) is 18.5 Å². The zero-order valence-electron chi connectivity index (χ0n) is 13.6. The molecule has 0 radical (unpaired) electrons. The molecule has 10 heteroatoms. The third-order valence-corrected chi connectivity index (χ3v) is 3.62. The minimum absolute atomic E-state index is 0.000000000000000222. The Balaban J connectivity index is 0.000000705. The normalized spacial score (nSPS) is 9.52. The zero-order chi connectivity index (χ0) is 18.7. The Morgan fingerprint density at radius 2 is 2.08 bits per heavy atom. The molecule has 0 unspecified atom stereocenters. The van der Waals surface area contributed by atoms with E-state index >= 15 is 0 Å². The van der Waals surface area contributed by atoms with Gasteiger partial charge in [-0.05, 0) is 49.9 Å². The number of nitrogens with one attached hydrogen (secondary N) is 2. The summed E-state index contributed by atoms with van der Waals surface area (Å²) in [4.78, 5) is 4.07. The summed E-state index contributed by atoms with van der Waals surface area (Å²) in [6.07, 6.45) is 2.19. The van der Waals surface area contributed by atoms with Gasteiger partial charge >= 0.3 is 0 Å². The maximum absolute atomic E-state index is 13.8. The number of anilines is 1. The van der Waals surface area contributed by atoms with Gasteiger partial charge in [0.15, 0.2) is 15.4 Å². The maximum Gasteiger partial charge on any atom is 0.188 e. The predicted octanol–water partition coefficient (Wildman–Crippen LogP) is 2.40. The van der Waals surface area contributed by atoms with Crippen LogP contribution in [0.4, 0.5) is 9.52 Å². The first-order valence-electron chi connectivity index (χ1n) is 7.33. The van der Waals surface area contributed by atoms with Crippen LogP contribution in [-0.2, 0) is 6.42 Å². The van der Waals surface area contributed by atoms with Crippen LogP contribution in [0.5, 0.6) is 5.75 Å². The molecule has 0 saturated heterocycles. The van der Waals surface area contributed by atoms with E-state index in [1.807, 2.05) is 12.3 Å². The fourth-order valence-corrected chi connectivity index (χ4v) is 2.60. The molecule has 1 heterocycles. The molecular formula is C15H20FN5OS3. The van der Waals surface area contributed by atoms with E-state index in [1.54, 1.807) is 18.3 Å². The average Bonchev–Trinajstić information content (AvgIpc) is 3.02. The fourth-order valence-electron chi connectivity index (χ4n) is 1.80. The summed E-state index contributed by atoms with van der Waals surface area (Å²) >= 11 is 10.7. The molecule has 25 heavy (non-hydrogen) atoms. The summed E-state index contributed by atoms with van der Waals surface area (Å²) in [5.41, 5.74) is 9.80. The molecule has 6 N–H and O–H groups in total.